The third-order valence-corrected chi connectivity index (χ3v) is 4.96. The van der Waals surface area contributed by atoms with Crippen molar-refractivity contribution < 1.29 is 0 Å². The van der Waals surface area contributed by atoms with Gasteiger partial charge >= 0.3 is 0 Å². The van der Waals surface area contributed by atoms with Gasteiger partial charge in [-0.15, -0.1) is 0 Å². The summed E-state index contributed by atoms with van der Waals surface area (Å²) in [6.45, 7) is 6.26. The van der Waals surface area contributed by atoms with Crippen LogP contribution in [0.25, 0.3) is 0 Å². The molecule has 2 nitrogen and oxygen atoms in total. The first-order valence-electron chi connectivity index (χ1n) is 7.27. The Bertz CT molecular complexity index is 241. The van der Waals surface area contributed by atoms with Crippen LogP contribution in [-0.4, -0.2) is 36.1 Å². The quantitative estimate of drug-likeness (QED) is 0.789. The molecule has 0 aromatic carbocycles. The van der Waals surface area contributed by atoms with Gasteiger partial charge in [-0.1, -0.05) is 25.7 Å². The summed E-state index contributed by atoms with van der Waals surface area (Å²) in [4.78, 5) is 2.76. The molecule has 2 aliphatic carbocycles. The Hall–Kier alpha value is -0.0800. The van der Waals surface area contributed by atoms with E-state index in [2.05, 4.69) is 17.1 Å². The Morgan fingerprint density at radius 3 is 2.75 bits per heavy atom. The van der Waals surface area contributed by atoms with Crippen LogP contribution in [0.2, 0.25) is 0 Å². The molecule has 1 spiro atoms. The molecule has 1 aliphatic heterocycles. The fourth-order valence-corrected chi connectivity index (χ4v) is 3.74. The van der Waals surface area contributed by atoms with Crippen LogP contribution in [0.5, 0.6) is 0 Å². The van der Waals surface area contributed by atoms with Gasteiger partial charge in [0.2, 0.25) is 0 Å². The average Bonchev–Trinajstić information content (AvgIpc) is 3.00. The normalized spacial score (nSPS) is 32.1. The highest BCUT2D eigenvalue weighted by atomic mass is 15.2. The highest BCUT2D eigenvalue weighted by molar-refractivity contribution is 4.99. The summed E-state index contributed by atoms with van der Waals surface area (Å²) in [5, 5.41) is 3.81. The highest BCUT2D eigenvalue weighted by Crippen LogP contribution is 2.37. The van der Waals surface area contributed by atoms with Gasteiger partial charge in [0.15, 0.2) is 0 Å². The van der Waals surface area contributed by atoms with Gasteiger partial charge in [-0.3, -0.25) is 4.90 Å². The van der Waals surface area contributed by atoms with Gasteiger partial charge in [0.05, 0.1) is 0 Å². The SMILES string of the molecule is CC(CC1CC1)N1CCNC2(CCCC2)C1. The summed E-state index contributed by atoms with van der Waals surface area (Å²) in [7, 11) is 0. The molecule has 1 unspecified atom stereocenters. The second-order valence-corrected chi connectivity index (χ2v) is 6.41. The molecule has 0 bridgehead atoms. The molecular formula is C14H26N2. The third-order valence-electron chi connectivity index (χ3n) is 4.96. The predicted molar refractivity (Wildman–Crippen MR) is 67.6 cm³/mol. The average molecular weight is 222 g/mol. The lowest BCUT2D eigenvalue weighted by Crippen LogP contribution is -2.60. The van der Waals surface area contributed by atoms with Crippen molar-refractivity contribution in [2.75, 3.05) is 19.6 Å². The van der Waals surface area contributed by atoms with Crippen LogP contribution in [-0.2, 0) is 0 Å². The van der Waals surface area contributed by atoms with Gasteiger partial charge in [-0.05, 0) is 32.1 Å². The van der Waals surface area contributed by atoms with Crippen LogP contribution in [0.15, 0.2) is 0 Å². The van der Waals surface area contributed by atoms with Crippen molar-refractivity contribution in [3.8, 4) is 0 Å². The molecule has 2 heteroatoms. The monoisotopic (exact) mass is 222 g/mol. The van der Waals surface area contributed by atoms with E-state index in [4.69, 9.17) is 0 Å². The minimum Gasteiger partial charge on any atom is -0.309 e. The molecule has 0 amide bonds. The van der Waals surface area contributed by atoms with Crippen LogP contribution in [0.4, 0.5) is 0 Å². The number of hydrogen-bond acceptors (Lipinski definition) is 2. The van der Waals surface area contributed by atoms with E-state index in [0.717, 1.165) is 12.0 Å². The molecule has 1 N–H and O–H groups in total. The largest absolute Gasteiger partial charge is 0.309 e. The van der Waals surface area contributed by atoms with E-state index < -0.39 is 0 Å². The molecule has 1 saturated heterocycles. The molecule has 1 atom stereocenters. The van der Waals surface area contributed by atoms with Gasteiger partial charge in [-0.25, -0.2) is 0 Å². The minimum absolute atomic E-state index is 0.510. The van der Waals surface area contributed by atoms with Crippen LogP contribution < -0.4 is 5.32 Å². The first-order valence-corrected chi connectivity index (χ1v) is 7.27. The van der Waals surface area contributed by atoms with E-state index in [1.807, 2.05) is 0 Å². The van der Waals surface area contributed by atoms with Crippen molar-refractivity contribution in [2.45, 2.75) is 63.5 Å². The molecular weight excluding hydrogens is 196 g/mol. The van der Waals surface area contributed by atoms with Crippen LogP contribution in [0.1, 0.15) is 51.9 Å². The molecule has 92 valence electrons. The fourth-order valence-electron chi connectivity index (χ4n) is 3.74. The van der Waals surface area contributed by atoms with Crippen LogP contribution in [0.3, 0.4) is 0 Å². The second-order valence-electron chi connectivity index (χ2n) is 6.41. The van der Waals surface area contributed by atoms with Crippen LogP contribution in [0, 0.1) is 5.92 Å². The number of nitrogens with zero attached hydrogens (tertiary/aromatic N) is 1. The Kier molecular flexibility index (Phi) is 2.97. The maximum atomic E-state index is 3.81. The lowest BCUT2D eigenvalue weighted by Gasteiger charge is -2.44. The number of hydrogen-bond donors (Lipinski definition) is 1. The van der Waals surface area contributed by atoms with Gasteiger partial charge in [-0.2, -0.15) is 0 Å². The molecule has 0 aromatic rings. The summed E-state index contributed by atoms with van der Waals surface area (Å²) in [6, 6.07) is 0.826. The summed E-state index contributed by atoms with van der Waals surface area (Å²) in [6.07, 6.45) is 10.2. The smallest absolute Gasteiger partial charge is 0.0309 e. The molecule has 1 heterocycles. The topological polar surface area (TPSA) is 15.3 Å². The van der Waals surface area contributed by atoms with Gasteiger partial charge in [0.25, 0.3) is 0 Å². The summed E-state index contributed by atoms with van der Waals surface area (Å²) < 4.78 is 0. The molecule has 3 aliphatic rings. The Balaban J connectivity index is 1.57. The van der Waals surface area contributed by atoms with E-state index in [1.54, 1.807) is 0 Å². The zero-order chi connectivity index (χ0) is 11.0. The minimum atomic E-state index is 0.510. The van der Waals surface area contributed by atoms with Crippen molar-refractivity contribution in [3.63, 3.8) is 0 Å². The zero-order valence-corrected chi connectivity index (χ0v) is 10.7. The molecule has 3 rings (SSSR count). The first-order chi connectivity index (χ1) is 7.77. The maximum Gasteiger partial charge on any atom is 0.0309 e. The molecule has 16 heavy (non-hydrogen) atoms. The molecule has 3 fully saturated rings. The standard InChI is InChI=1S/C14H26N2/c1-12(10-13-4-5-13)16-9-8-15-14(11-16)6-2-3-7-14/h12-13,15H,2-11H2,1H3. The number of nitrogens with one attached hydrogen (secondary N) is 1. The second kappa shape index (κ2) is 4.30. The van der Waals surface area contributed by atoms with Crippen molar-refractivity contribution >= 4 is 0 Å². The van der Waals surface area contributed by atoms with Gasteiger partial charge < -0.3 is 5.32 Å². The van der Waals surface area contributed by atoms with E-state index in [-0.39, 0.29) is 0 Å². The van der Waals surface area contributed by atoms with E-state index in [1.165, 1.54) is 64.6 Å². The fraction of sp³-hybridized carbons (Fsp3) is 1.00. The maximum absolute atomic E-state index is 3.81. The van der Waals surface area contributed by atoms with E-state index in [0.29, 0.717) is 5.54 Å². The zero-order valence-electron chi connectivity index (χ0n) is 10.7. The van der Waals surface area contributed by atoms with E-state index in [9.17, 15) is 0 Å². The van der Waals surface area contributed by atoms with Crippen molar-refractivity contribution in [1.82, 2.24) is 10.2 Å². The van der Waals surface area contributed by atoms with Crippen molar-refractivity contribution in [3.05, 3.63) is 0 Å². The Morgan fingerprint density at radius 2 is 2.06 bits per heavy atom. The summed E-state index contributed by atoms with van der Waals surface area (Å²) in [5.41, 5.74) is 0.510. The highest BCUT2D eigenvalue weighted by Gasteiger charge is 2.39. The van der Waals surface area contributed by atoms with Crippen molar-refractivity contribution in [1.29, 1.82) is 0 Å². The van der Waals surface area contributed by atoms with E-state index >= 15 is 0 Å². The third kappa shape index (κ3) is 2.28. The first kappa shape index (κ1) is 11.0. The Labute approximate surface area is 99.8 Å². The molecule has 2 saturated carbocycles. The number of rotatable bonds is 3. The van der Waals surface area contributed by atoms with Gasteiger partial charge in [0, 0.05) is 31.2 Å². The summed E-state index contributed by atoms with van der Waals surface area (Å²) >= 11 is 0. The predicted octanol–water partition coefficient (Wildman–Crippen LogP) is 2.39. The lowest BCUT2D eigenvalue weighted by molar-refractivity contribution is 0.0944. The molecule has 0 radical (unpaired) electrons. The number of piperazine rings is 1. The van der Waals surface area contributed by atoms with Crippen LogP contribution >= 0.6 is 0 Å². The summed E-state index contributed by atoms with van der Waals surface area (Å²) in [5.74, 6) is 1.07. The molecule has 0 aromatic heterocycles. The van der Waals surface area contributed by atoms with Crippen molar-refractivity contribution in [2.24, 2.45) is 5.92 Å². The van der Waals surface area contributed by atoms with Gasteiger partial charge in [0.1, 0.15) is 0 Å². The Morgan fingerprint density at radius 1 is 1.31 bits per heavy atom. The lowest BCUT2D eigenvalue weighted by atomic mass is 9.93.